The van der Waals surface area contributed by atoms with Crippen molar-refractivity contribution >= 4 is 39.7 Å². The maximum Gasteiger partial charge on any atom is 0.232 e. The quantitative estimate of drug-likeness (QED) is 0.414. The van der Waals surface area contributed by atoms with E-state index >= 15 is 0 Å². The lowest BCUT2D eigenvalue weighted by Gasteiger charge is -2.39. The van der Waals surface area contributed by atoms with Gasteiger partial charge in [-0.25, -0.2) is 0 Å². The van der Waals surface area contributed by atoms with Crippen molar-refractivity contribution in [2.75, 3.05) is 64.2 Å². The minimum atomic E-state index is 0.0517. The average molecular weight is 422 g/mol. The molecule has 0 spiro atoms. The van der Waals surface area contributed by atoms with Crippen LogP contribution in [0.3, 0.4) is 0 Å². The predicted octanol–water partition coefficient (Wildman–Crippen LogP) is 3.95. The minimum absolute atomic E-state index is 0.0517. The van der Waals surface area contributed by atoms with Crippen LogP contribution in [0.5, 0.6) is 0 Å². The number of azo groups is 1. The molecule has 1 aromatic heterocycles. The van der Waals surface area contributed by atoms with Crippen LogP contribution in [0.1, 0.15) is 4.88 Å². The van der Waals surface area contributed by atoms with E-state index in [1.54, 1.807) is 6.08 Å². The van der Waals surface area contributed by atoms with E-state index < -0.39 is 0 Å². The first kappa shape index (κ1) is 21.4. The Hall–Kier alpha value is -3.27. The number of aromatic nitrogens is 1. The number of anilines is 2. The van der Waals surface area contributed by atoms with Crippen LogP contribution in [0, 0.1) is 22.7 Å². The van der Waals surface area contributed by atoms with Gasteiger partial charge in [-0.15, -0.1) is 10.2 Å². The molecule has 0 bridgehead atoms. The summed E-state index contributed by atoms with van der Waals surface area (Å²) in [6.45, 7) is 3.71. The standard InChI is InChI=1S/C21H25N8S/c1-27(2)18-7-5-17(6-8-18)25-26-21-24-20(19(30-21)13-16(14-22)15-23)28-9-11-29(3,4)12-10-28/h5-8,13H,9-12H2,1-4H3/q+1. The van der Waals surface area contributed by atoms with E-state index in [4.69, 9.17) is 10.5 Å². The van der Waals surface area contributed by atoms with E-state index in [-0.39, 0.29) is 5.57 Å². The van der Waals surface area contributed by atoms with E-state index in [1.807, 2.05) is 55.4 Å². The summed E-state index contributed by atoms with van der Waals surface area (Å²) in [7, 11) is 8.40. The monoisotopic (exact) mass is 421 g/mol. The average Bonchev–Trinajstić information content (AvgIpc) is 3.13. The molecule has 1 fully saturated rings. The summed E-state index contributed by atoms with van der Waals surface area (Å²) >= 11 is 1.33. The lowest BCUT2D eigenvalue weighted by molar-refractivity contribution is -0.890. The third kappa shape index (κ3) is 5.20. The number of rotatable bonds is 5. The summed E-state index contributed by atoms with van der Waals surface area (Å²) in [5, 5.41) is 27.4. The number of hydrogen-bond acceptors (Lipinski definition) is 8. The Bertz CT molecular complexity index is 1010. The summed E-state index contributed by atoms with van der Waals surface area (Å²) in [5.41, 5.74) is 1.88. The van der Waals surface area contributed by atoms with Crippen molar-refractivity contribution in [2.24, 2.45) is 10.2 Å². The molecule has 3 rings (SSSR count). The number of benzene rings is 1. The Balaban J connectivity index is 1.88. The van der Waals surface area contributed by atoms with Crippen LogP contribution in [0.15, 0.2) is 40.1 Å². The zero-order chi connectivity index (χ0) is 21.7. The highest BCUT2D eigenvalue weighted by Crippen LogP contribution is 2.35. The van der Waals surface area contributed by atoms with E-state index in [9.17, 15) is 0 Å². The van der Waals surface area contributed by atoms with Crippen molar-refractivity contribution in [3.8, 4) is 12.1 Å². The number of thiazole rings is 1. The Morgan fingerprint density at radius 2 is 1.77 bits per heavy atom. The van der Waals surface area contributed by atoms with Gasteiger partial charge < -0.3 is 14.3 Å². The van der Waals surface area contributed by atoms with Gasteiger partial charge in [0.15, 0.2) is 0 Å². The van der Waals surface area contributed by atoms with Crippen LogP contribution in [0.25, 0.3) is 6.08 Å². The summed E-state index contributed by atoms with van der Waals surface area (Å²) in [5.74, 6) is 0.764. The normalized spacial score (nSPS) is 15.5. The molecule has 0 amide bonds. The van der Waals surface area contributed by atoms with E-state index in [1.165, 1.54) is 11.3 Å². The number of nitriles is 2. The second kappa shape index (κ2) is 9.04. The van der Waals surface area contributed by atoms with Gasteiger partial charge in [0.05, 0.1) is 50.8 Å². The van der Waals surface area contributed by atoms with Gasteiger partial charge >= 0.3 is 0 Å². The molecule has 1 aliphatic heterocycles. The second-order valence-electron chi connectivity index (χ2n) is 7.95. The Morgan fingerprint density at radius 1 is 1.13 bits per heavy atom. The van der Waals surface area contributed by atoms with Crippen molar-refractivity contribution in [2.45, 2.75) is 0 Å². The maximum atomic E-state index is 9.16. The van der Waals surface area contributed by atoms with Gasteiger partial charge in [-0.05, 0) is 30.3 Å². The first-order valence-electron chi connectivity index (χ1n) is 9.60. The first-order valence-corrected chi connectivity index (χ1v) is 10.4. The number of allylic oxidation sites excluding steroid dienone is 1. The number of hydrogen-bond donors (Lipinski definition) is 0. The molecular formula is C21H25N8S+. The van der Waals surface area contributed by atoms with Gasteiger partial charge in [-0.3, -0.25) is 0 Å². The lowest BCUT2D eigenvalue weighted by Crippen LogP contribution is -2.55. The number of piperazine rings is 1. The van der Waals surface area contributed by atoms with E-state index in [0.29, 0.717) is 5.13 Å². The van der Waals surface area contributed by atoms with Gasteiger partial charge in [-0.1, -0.05) is 11.3 Å². The van der Waals surface area contributed by atoms with Crippen LogP contribution >= 0.6 is 11.3 Å². The van der Waals surface area contributed by atoms with Crippen LogP contribution in [0.2, 0.25) is 0 Å². The number of quaternary nitrogens is 1. The van der Waals surface area contributed by atoms with Crippen molar-refractivity contribution in [3.63, 3.8) is 0 Å². The van der Waals surface area contributed by atoms with E-state index in [2.05, 4.69) is 34.2 Å². The SMILES string of the molecule is CN(C)c1ccc(N=Nc2nc(N3CC[N+](C)(C)CC3)c(C=C(C#N)C#N)s2)cc1. The largest absolute Gasteiger partial charge is 0.378 e. The molecule has 2 heterocycles. The Morgan fingerprint density at radius 3 is 2.33 bits per heavy atom. The summed E-state index contributed by atoms with van der Waals surface area (Å²) in [6, 6.07) is 11.6. The highest BCUT2D eigenvalue weighted by molar-refractivity contribution is 7.16. The fourth-order valence-corrected chi connectivity index (χ4v) is 3.89. The van der Waals surface area contributed by atoms with E-state index in [0.717, 1.165) is 52.7 Å². The molecule has 0 unspecified atom stereocenters. The molecule has 1 aliphatic rings. The first-order chi connectivity index (χ1) is 14.3. The fourth-order valence-electron chi connectivity index (χ4n) is 3.03. The van der Waals surface area contributed by atoms with Crippen molar-refractivity contribution in [3.05, 3.63) is 34.7 Å². The van der Waals surface area contributed by atoms with Crippen molar-refractivity contribution in [1.29, 1.82) is 10.5 Å². The predicted molar refractivity (Wildman–Crippen MR) is 120 cm³/mol. The van der Waals surface area contributed by atoms with Crippen molar-refractivity contribution < 1.29 is 4.48 Å². The second-order valence-corrected chi connectivity index (χ2v) is 8.96. The zero-order valence-electron chi connectivity index (χ0n) is 17.7. The van der Waals surface area contributed by atoms with Crippen LogP contribution < -0.4 is 9.80 Å². The third-order valence-electron chi connectivity index (χ3n) is 5.01. The number of nitrogens with zero attached hydrogens (tertiary/aromatic N) is 8. The maximum absolute atomic E-state index is 9.16. The van der Waals surface area contributed by atoms with Crippen LogP contribution in [0.4, 0.5) is 22.3 Å². The van der Waals surface area contributed by atoms with Crippen LogP contribution in [-0.2, 0) is 0 Å². The van der Waals surface area contributed by atoms with Gasteiger partial charge in [0.1, 0.15) is 23.5 Å². The molecule has 0 saturated carbocycles. The van der Waals surface area contributed by atoms with Gasteiger partial charge in [-0.2, -0.15) is 15.5 Å². The summed E-state index contributed by atoms with van der Waals surface area (Å²) < 4.78 is 0.961. The molecule has 154 valence electrons. The highest BCUT2D eigenvalue weighted by Gasteiger charge is 2.27. The number of likely N-dealkylation sites (N-methyl/N-ethyl adjacent to an activating group) is 1. The molecule has 9 heteroatoms. The lowest BCUT2D eigenvalue weighted by atomic mass is 10.2. The molecule has 0 radical (unpaired) electrons. The Labute approximate surface area is 181 Å². The molecule has 0 N–H and O–H groups in total. The third-order valence-corrected chi connectivity index (χ3v) is 5.88. The van der Waals surface area contributed by atoms with Crippen LogP contribution in [-0.4, -0.2) is 63.8 Å². The smallest absolute Gasteiger partial charge is 0.232 e. The fraction of sp³-hybridized carbons (Fsp3) is 0.381. The molecule has 2 aromatic rings. The molecule has 1 aromatic carbocycles. The molecule has 8 nitrogen and oxygen atoms in total. The molecule has 1 saturated heterocycles. The molecule has 0 aliphatic carbocycles. The zero-order valence-corrected chi connectivity index (χ0v) is 18.5. The van der Waals surface area contributed by atoms with Gasteiger partial charge in [0.25, 0.3) is 0 Å². The molecular weight excluding hydrogens is 396 g/mol. The van der Waals surface area contributed by atoms with Crippen molar-refractivity contribution in [1.82, 2.24) is 4.98 Å². The summed E-state index contributed by atoms with van der Waals surface area (Å²) in [6.07, 6.45) is 1.59. The highest BCUT2D eigenvalue weighted by atomic mass is 32.1. The molecule has 0 atom stereocenters. The Kier molecular flexibility index (Phi) is 6.46. The topological polar surface area (TPSA) is 91.7 Å². The van der Waals surface area contributed by atoms with Gasteiger partial charge in [0, 0.05) is 19.8 Å². The molecule has 30 heavy (non-hydrogen) atoms. The summed E-state index contributed by atoms with van der Waals surface area (Å²) in [4.78, 5) is 9.65. The van der Waals surface area contributed by atoms with Gasteiger partial charge in [0.2, 0.25) is 5.13 Å². The minimum Gasteiger partial charge on any atom is -0.378 e.